The monoisotopic (exact) mass is 349 g/mol. The topological polar surface area (TPSA) is 115 Å². The van der Waals surface area contributed by atoms with Crippen molar-refractivity contribution in [2.24, 2.45) is 5.73 Å². The molecule has 1 amide bonds. The van der Waals surface area contributed by atoms with E-state index in [0.29, 0.717) is 23.0 Å². The van der Waals surface area contributed by atoms with E-state index in [1.807, 2.05) is 0 Å². The van der Waals surface area contributed by atoms with Gasteiger partial charge >= 0.3 is 0 Å². The molecule has 0 aromatic heterocycles. The molecular formula is C11H16BrN3O3S. The van der Waals surface area contributed by atoms with Crippen LogP contribution in [0.25, 0.3) is 0 Å². The molecule has 1 rings (SSSR count). The van der Waals surface area contributed by atoms with E-state index in [0.717, 1.165) is 0 Å². The predicted molar refractivity (Wildman–Crippen MR) is 76.8 cm³/mol. The van der Waals surface area contributed by atoms with Gasteiger partial charge in [-0.2, -0.15) is 0 Å². The van der Waals surface area contributed by atoms with E-state index < -0.39 is 10.0 Å². The van der Waals surface area contributed by atoms with Crippen molar-refractivity contribution in [3.63, 3.8) is 0 Å². The van der Waals surface area contributed by atoms with Crippen LogP contribution in [0, 0.1) is 0 Å². The number of hydrogen-bond acceptors (Lipinski definition) is 4. The summed E-state index contributed by atoms with van der Waals surface area (Å²) in [6.07, 6.45) is 1.36. The molecule has 1 aromatic carbocycles. The lowest BCUT2D eigenvalue weighted by molar-refractivity contribution is -0.118. The molecule has 0 aliphatic heterocycles. The van der Waals surface area contributed by atoms with Gasteiger partial charge in [-0.15, -0.1) is 0 Å². The van der Waals surface area contributed by atoms with E-state index in [1.54, 1.807) is 6.07 Å². The number of unbranched alkanes of at least 4 members (excludes halogenated alkanes) is 1. The first kappa shape index (κ1) is 15.9. The molecule has 0 heterocycles. The van der Waals surface area contributed by atoms with E-state index in [9.17, 15) is 13.2 Å². The zero-order chi connectivity index (χ0) is 14.5. The van der Waals surface area contributed by atoms with Crippen molar-refractivity contribution >= 4 is 37.5 Å². The van der Waals surface area contributed by atoms with Gasteiger partial charge in [-0.05, 0) is 47.0 Å². The maximum absolute atomic E-state index is 11.9. The number of carbonyl (C=O) groups excluding carboxylic acids is 1. The van der Waals surface area contributed by atoms with Crippen molar-refractivity contribution in [2.75, 3.05) is 12.3 Å². The number of nitrogen functional groups attached to an aromatic ring is 1. The minimum Gasteiger partial charge on any atom is -0.398 e. The second-order valence-corrected chi connectivity index (χ2v) is 6.63. The number of rotatable bonds is 7. The zero-order valence-electron chi connectivity index (χ0n) is 10.2. The Bertz CT molecular complexity index is 560. The van der Waals surface area contributed by atoms with Crippen LogP contribution in [0.1, 0.15) is 19.3 Å². The predicted octanol–water partition coefficient (Wildman–Crippen LogP) is 0.965. The third kappa shape index (κ3) is 5.17. The Kier molecular flexibility index (Phi) is 5.77. The SMILES string of the molecule is NC(=O)CCCCNS(=O)(=O)c1ccc(Br)c(N)c1. The van der Waals surface area contributed by atoms with Crippen LogP contribution < -0.4 is 16.2 Å². The Labute approximate surface area is 120 Å². The minimum absolute atomic E-state index is 0.114. The molecule has 0 aliphatic rings. The number of primary amides is 1. The molecule has 106 valence electrons. The lowest BCUT2D eigenvalue weighted by Crippen LogP contribution is -2.25. The van der Waals surface area contributed by atoms with Gasteiger partial charge in [0, 0.05) is 23.1 Å². The number of anilines is 1. The largest absolute Gasteiger partial charge is 0.398 e. The summed E-state index contributed by atoms with van der Waals surface area (Å²) in [6.45, 7) is 0.256. The lowest BCUT2D eigenvalue weighted by atomic mass is 10.2. The highest BCUT2D eigenvalue weighted by Gasteiger charge is 2.14. The van der Waals surface area contributed by atoms with Gasteiger partial charge in [-0.1, -0.05) is 0 Å². The fourth-order valence-electron chi connectivity index (χ4n) is 1.40. The molecule has 0 atom stereocenters. The molecule has 0 radical (unpaired) electrons. The highest BCUT2D eigenvalue weighted by molar-refractivity contribution is 9.10. The first-order valence-corrected chi connectivity index (χ1v) is 7.93. The van der Waals surface area contributed by atoms with Crippen LogP contribution in [0.5, 0.6) is 0 Å². The van der Waals surface area contributed by atoms with Crippen molar-refractivity contribution in [1.29, 1.82) is 0 Å². The molecule has 0 fully saturated rings. The van der Waals surface area contributed by atoms with Crippen LogP contribution in [-0.4, -0.2) is 20.9 Å². The Balaban J connectivity index is 2.56. The summed E-state index contributed by atoms with van der Waals surface area (Å²) >= 11 is 3.20. The van der Waals surface area contributed by atoms with Gasteiger partial charge in [0.05, 0.1) is 4.90 Å². The third-order valence-corrected chi connectivity index (χ3v) is 4.60. The van der Waals surface area contributed by atoms with Gasteiger partial charge in [-0.3, -0.25) is 4.79 Å². The molecule has 0 bridgehead atoms. The van der Waals surface area contributed by atoms with E-state index in [4.69, 9.17) is 11.5 Å². The summed E-state index contributed by atoms with van der Waals surface area (Å²) in [5.41, 5.74) is 11.0. The number of nitrogens with two attached hydrogens (primary N) is 2. The first-order chi connectivity index (χ1) is 8.83. The summed E-state index contributed by atoms with van der Waals surface area (Å²) in [7, 11) is -3.57. The summed E-state index contributed by atoms with van der Waals surface area (Å²) in [4.78, 5) is 10.6. The Morgan fingerprint density at radius 3 is 2.58 bits per heavy atom. The summed E-state index contributed by atoms with van der Waals surface area (Å²) in [6, 6.07) is 4.43. The number of carbonyl (C=O) groups is 1. The van der Waals surface area contributed by atoms with E-state index in [1.165, 1.54) is 12.1 Å². The molecule has 0 aliphatic carbocycles. The second-order valence-electron chi connectivity index (χ2n) is 4.00. The fraction of sp³-hybridized carbons (Fsp3) is 0.364. The number of nitrogens with one attached hydrogen (secondary N) is 1. The van der Waals surface area contributed by atoms with Gasteiger partial charge in [0.2, 0.25) is 15.9 Å². The van der Waals surface area contributed by atoms with Gasteiger partial charge in [0.1, 0.15) is 0 Å². The second kappa shape index (κ2) is 6.88. The number of hydrogen-bond donors (Lipinski definition) is 3. The van der Waals surface area contributed by atoms with Crippen molar-refractivity contribution in [1.82, 2.24) is 4.72 Å². The number of sulfonamides is 1. The smallest absolute Gasteiger partial charge is 0.240 e. The Morgan fingerprint density at radius 1 is 1.32 bits per heavy atom. The van der Waals surface area contributed by atoms with Crippen molar-refractivity contribution in [3.05, 3.63) is 22.7 Å². The van der Waals surface area contributed by atoms with Gasteiger partial charge in [0.25, 0.3) is 0 Å². The van der Waals surface area contributed by atoms with E-state index in [2.05, 4.69) is 20.7 Å². The van der Waals surface area contributed by atoms with Crippen molar-refractivity contribution < 1.29 is 13.2 Å². The van der Waals surface area contributed by atoms with Crippen LogP contribution in [0.15, 0.2) is 27.6 Å². The normalized spacial score (nSPS) is 11.4. The number of halogens is 1. The van der Waals surface area contributed by atoms with Crippen LogP contribution >= 0.6 is 15.9 Å². The average Bonchev–Trinajstić information content (AvgIpc) is 2.31. The van der Waals surface area contributed by atoms with E-state index in [-0.39, 0.29) is 23.8 Å². The standard InChI is InChI=1S/C11H16BrN3O3S/c12-9-5-4-8(7-10(9)13)19(17,18)15-6-2-1-3-11(14)16/h4-5,7,15H,1-3,6,13H2,(H2,14,16). The molecule has 0 saturated heterocycles. The average molecular weight is 350 g/mol. The quantitative estimate of drug-likeness (QED) is 0.502. The molecule has 8 heteroatoms. The van der Waals surface area contributed by atoms with Crippen molar-refractivity contribution in [2.45, 2.75) is 24.2 Å². The molecule has 19 heavy (non-hydrogen) atoms. The van der Waals surface area contributed by atoms with Crippen LogP contribution in [0.3, 0.4) is 0 Å². The summed E-state index contributed by atoms with van der Waals surface area (Å²) in [5, 5.41) is 0. The number of benzene rings is 1. The molecule has 0 saturated carbocycles. The maximum atomic E-state index is 11.9. The molecule has 0 unspecified atom stereocenters. The highest BCUT2D eigenvalue weighted by Crippen LogP contribution is 2.22. The number of amides is 1. The Morgan fingerprint density at radius 2 is 2.00 bits per heavy atom. The summed E-state index contributed by atoms with van der Waals surface area (Å²) < 4.78 is 26.9. The van der Waals surface area contributed by atoms with Crippen LogP contribution in [0.4, 0.5) is 5.69 Å². The lowest BCUT2D eigenvalue weighted by Gasteiger charge is -2.07. The third-order valence-electron chi connectivity index (χ3n) is 2.42. The minimum atomic E-state index is -3.57. The zero-order valence-corrected chi connectivity index (χ0v) is 12.6. The van der Waals surface area contributed by atoms with Gasteiger partial charge in [-0.25, -0.2) is 13.1 Å². The first-order valence-electron chi connectivity index (χ1n) is 5.66. The van der Waals surface area contributed by atoms with Crippen LogP contribution in [0.2, 0.25) is 0 Å². The molecule has 6 nitrogen and oxygen atoms in total. The summed E-state index contributed by atoms with van der Waals surface area (Å²) in [5.74, 6) is -0.386. The molecule has 1 aromatic rings. The maximum Gasteiger partial charge on any atom is 0.240 e. The van der Waals surface area contributed by atoms with Gasteiger partial charge < -0.3 is 11.5 Å². The van der Waals surface area contributed by atoms with Crippen LogP contribution in [-0.2, 0) is 14.8 Å². The van der Waals surface area contributed by atoms with E-state index >= 15 is 0 Å². The van der Waals surface area contributed by atoms with Crippen molar-refractivity contribution in [3.8, 4) is 0 Å². The molecule has 5 N–H and O–H groups in total. The molecular weight excluding hydrogens is 334 g/mol. The fourth-order valence-corrected chi connectivity index (χ4v) is 2.76. The Hall–Kier alpha value is -1.12. The molecule has 0 spiro atoms. The highest BCUT2D eigenvalue weighted by atomic mass is 79.9. The van der Waals surface area contributed by atoms with Gasteiger partial charge in [0.15, 0.2) is 0 Å².